The van der Waals surface area contributed by atoms with E-state index >= 15 is 0 Å². The maximum Gasteiger partial charge on any atom is 1.00 e. The van der Waals surface area contributed by atoms with E-state index in [1.807, 2.05) is 13.8 Å². The quantitative estimate of drug-likeness (QED) is 0.0915. The van der Waals surface area contributed by atoms with Gasteiger partial charge in [0.15, 0.2) is 18.5 Å². The van der Waals surface area contributed by atoms with Gasteiger partial charge < -0.3 is 41.5 Å². The molecule has 0 aliphatic carbocycles. The summed E-state index contributed by atoms with van der Waals surface area (Å²) < 4.78 is 15.2. The smallest absolute Gasteiger partial charge is 1.00 e. The summed E-state index contributed by atoms with van der Waals surface area (Å²) in [6.07, 6.45) is 0.704. The molecule has 12 heteroatoms. The van der Waals surface area contributed by atoms with Crippen LogP contribution < -0.4 is 51.4 Å². The average molecular weight is 569 g/mol. The van der Waals surface area contributed by atoms with Gasteiger partial charge in [-0.05, 0) is 66.2 Å². The fourth-order valence-corrected chi connectivity index (χ4v) is 1.57. The first kappa shape index (κ1) is 49.2. The molecule has 38 heavy (non-hydrogen) atoms. The van der Waals surface area contributed by atoms with Crippen LogP contribution in [-0.4, -0.2) is 89.1 Å². The van der Waals surface area contributed by atoms with E-state index in [-0.39, 0.29) is 64.6 Å². The molecule has 0 aromatic rings. The van der Waals surface area contributed by atoms with Crippen LogP contribution in [0.1, 0.15) is 55.8 Å². The largest absolute Gasteiger partial charge is 1.00 e. The van der Waals surface area contributed by atoms with Crippen LogP contribution in [0.5, 0.6) is 0 Å². The first-order chi connectivity index (χ1) is 17.1. The Kier molecular flexibility index (Phi) is 54.8. The van der Waals surface area contributed by atoms with Crippen LogP contribution in [0.4, 0.5) is 0 Å². The minimum absolute atomic E-state index is 0. The molecule has 0 aromatic carbocycles. The Balaban J connectivity index is -0.0000000664. The number of hydrogen-bond donors (Lipinski definition) is 4. The molecule has 0 amide bonds. The van der Waals surface area contributed by atoms with Crippen LogP contribution in [0.15, 0.2) is 0 Å². The van der Waals surface area contributed by atoms with Crippen LogP contribution >= 0.6 is 0 Å². The summed E-state index contributed by atoms with van der Waals surface area (Å²) in [4.78, 5) is 27.4. The fraction of sp³-hybridized carbons (Fsp3) is 0.577. The molecule has 1 heterocycles. The molecule has 2 atom stereocenters. The van der Waals surface area contributed by atoms with Gasteiger partial charge in [-0.1, -0.05) is 17.8 Å². The predicted molar refractivity (Wildman–Crippen MR) is 139 cm³/mol. The Bertz CT molecular complexity index is 768. The molecule has 212 valence electrons. The second-order valence-corrected chi connectivity index (χ2v) is 5.76. The Labute approximate surface area is 270 Å². The third kappa shape index (κ3) is 47.4. The standard InChI is InChI=1S/C8H14O2.C8H10O2.C4H8O.C4H4O.C2H2O4.K.H2O.H/c1-4-7-8(9-5-2)10-6-3;1-3-5-7(9)8(10)6-4-2;1-2-4-5-3-1;1-2-3-4-5;3-1(4)2(5)6;;;/h8H,5-6H2,1-3H3;7-10H,1-2H3;1-4H2;4H,1H3;(H,3,4)(H,5,6);;1H2;/q;;;;;+1;;-1/t;7-,8+;;;;;;. The van der Waals surface area contributed by atoms with E-state index < -0.39 is 24.1 Å². The van der Waals surface area contributed by atoms with Gasteiger partial charge in [0.2, 0.25) is 6.29 Å². The summed E-state index contributed by atoms with van der Waals surface area (Å²) >= 11 is 0. The molecule has 11 nitrogen and oxygen atoms in total. The molecule has 1 aliphatic heterocycles. The normalized spacial score (nSPS) is 10.9. The Morgan fingerprint density at radius 3 is 1.37 bits per heavy atom. The third-order valence-electron chi connectivity index (χ3n) is 3.00. The summed E-state index contributed by atoms with van der Waals surface area (Å²) in [6.45, 7) is 13.7. The van der Waals surface area contributed by atoms with Crippen molar-refractivity contribution in [3.63, 3.8) is 0 Å². The zero-order chi connectivity index (χ0) is 28.6. The fourth-order valence-electron chi connectivity index (χ4n) is 1.57. The molecule has 0 aromatic heterocycles. The van der Waals surface area contributed by atoms with E-state index in [4.69, 9.17) is 44.2 Å². The topological polar surface area (TPSA) is 191 Å². The molecular formula is C26H41KO11. The van der Waals surface area contributed by atoms with Gasteiger partial charge in [0.05, 0.1) is 0 Å². The maximum atomic E-state index is 9.23. The van der Waals surface area contributed by atoms with Crippen molar-refractivity contribution in [2.45, 2.75) is 72.9 Å². The predicted octanol–water partition coefficient (Wildman–Crippen LogP) is -2.38. The van der Waals surface area contributed by atoms with E-state index in [1.165, 1.54) is 12.8 Å². The maximum absolute atomic E-state index is 9.23. The zero-order valence-electron chi connectivity index (χ0n) is 24.3. The number of hydrogen-bond acceptors (Lipinski definition) is 8. The summed E-state index contributed by atoms with van der Waals surface area (Å²) in [6, 6.07) is 0. The number of carbonyl (C=O) groups excluding carboxylic acids is 1. The summed E-state index contributed by atoms with van der Waals surface area (Å²) in [5, 5.41) is 32.6. The van der Waals surface area contributed by atoms with Crippen LogP contribution in [0.3, 0.4) is 0 Å². The summed E-state index contributed by atoms with van der Waals surface area (Å²) in [7, 11) is 0. The van der Waals surface area contributed by atoms with Gasteiger partial charge in [-0.15, -0.1) is 17.8 Å². The first-order valence-corrected chi connectivity index (χ1v) is 10.9. The van der Waals surface area contributed by atoms with Gasteiger partial charge in [-0.2, -0.15) is 0 Å². The van der Waals surface area contributed by atoms with Crippen molar-refractivity contribution in [1.82, 2.24) is 0 Å². The van der Waals surface area contributed by atoms with Gasteiger partial charge in [0, 0.05) is 26.4 Å². The van der Waals surface area contributed by atoms with Crippen LogP contribution in [0.25, 0.3) is 0 Å². The Morgan fingerprint density at radius 1 is 0.842 bits per heavy atom. The Hall–Kier alpha value is -1.75. The summed E-state index contributed by atoms with van der Waals surface area (Å²) in [5.41, 5.74) is 0. The number of rotatable bonds is 5. The number of ether oxygens (including phenoxy) is 3. The van der Waals surface area contributed by atoms with E-state index in [9.17, 15) is 4.79 Å². The molecule has 1 fully saturated rings. The van der Waals surface area contributed by atoms with E-state index in [0.29, 0.717) is 19.5 Å². The van der Waals surface area contributed by atoms with E-state index in [0.717, 1.165) is 13.2 Å². The minimum atomic E-state index is -1.82. The number of aliphatic carboxylic acids is 2. The van der Waals surface area contributed by atoms with Crippen LogP contribution in [0.2, 0.25) is 0 Å². The number of carboxylic acids is 2. The van der Waals surface area contributed by atoms with Crippen molar-refractivity contribution in [3.8, 4) is 47.4 Å². The van der Waals surface area contributed by atoms with Crippen molar-refractivity contribution in [2.75, 3.05) is 26.4 Å². The number of aldehydes is 1. The van der Waals surface area contributed by atoms with Crippen molar-refractivity contribution in [2.24, 2.45) is 0 Å². The van der Waals surface area contributed by atoms with Crippen molar-refractivity contribution in [3.05, 3.63) is 0 Å². The van der Waals surface area contributed by atoms with Crippen molar-refractivity contribution < 1.29 is 107 Å². The van der Waals surface area contributed by atoms with E-state index in [1.54, 1.807) is 27.7 Å². The van der Waals surface area contributed by atoms with Crippen molar-refractivity contribution >= 4 is 18.2 Å². The monoisotopic (exact) mass is 568 g/mol. The second-order valence-electron chi connectivity index (χ2n) is 5.76. The van der Waals surface area contributed by atoms with Crippen molar-refractivity contribution in [1.29, 1.82) is 0 Å². The molecule has 1 saturated heterocycles. The molecule has 1 aliphatic rings. The minimum Gasteiger partial charge on any atom is -1.00 e. The molecule has 1 rings (SSSR count). The van der Waals surface area contributed by atoms with Crippen LogP contribution in [-0.2, 0) is 28.6 Å². The number of carboxylic acid groups (broad SMARTS) is 2. The molecule has 0 saturated carbocycles. The van der Waals surface area contributed by atoms with Gasteiger partial charge in [0.1, 0.15) is 0 Å². The molecule has 6 N–H and O–H groups in total. The Morgan fingerprint density at radius 2 is 1.21 bits per heavy atom. The number of aliphatic hydroxyl groups is 2. The molecule has 0 unspecified atom stereocenters. The van der Waals surface area contributed by atoms with E-state index in [2.05, 4.69) is 47.4 Å². The molecule has 0 bridgehead atoms. The molecule has 0 spiro atoms. The SMILES string of the molecule is C1CCOC1.CC#CC(OCC)OCC.CC#CC=O.CC#C[C@@H](O)[C@@H](O)C#CC.O.O=C(O)C(=O)O.[H-].[K+]. The van der Waals surface area contributed by atoms with Gasteiger partial charge in [-0.25, -0.2) is 9.59 Å². The first-order valence-electron chi connectivity index (χ1n) is 10.9. The molecule has 0 radical (unpaired) electrons. The number of aliphatic hydroxyl groups excluding tert-OH is 2. The van der Waals surface area contributed by atoms with Gasteiger partial charge in [0.25, 0.3) is 0 Å². The third-order valence-corrected chi connectivity index (χ3v) is 3.00. The average Bonchev–Trinajstić information content (AvgIpc) is 3.42. The van der Waals surface area contributed by atoms with Crippen LogP contribution in [0, 0.1) is 47.4 Å². The van der Waals surface area contributed by atoms with Gasteiger partial charge in [-0.3, -0.25) is 4.79 Å². The zero-order valence-corrected chi connectivity index (χ0v) is 26.4. The summed E-state index contributed by atoms with van der Waals surface area (Å²) in [5.74, 6) is 16.2. The number of carbonyl (C=O) groups is 3. The van der Waals surface area contributed by atoms with Gasteiger partial charge >= 0.3 is 63.3 Å². The second kappa shape index (κ2) is 42.3. The molecular weight excluding hydrogens is 527 g/mol.